The Balaban J connectivity index is 2.00. The van der Waals surface area contributed by atoms with Gasteiger partial charge in [-0.3, -0.25) is 5.01 Å². The van der Waals surface area contributed by atoms with E-state index in [1.54, 1.807) is 33.0 Å². The summed E-state index contributed by atoms with van der Waals surface area (Å²) < 4.78 is 49.3. The van der Waals surface area contributed by atoms with Gasteiger partial charge in [-0.2, -0.15) is 18.6 Å². The third kappa shape index (κ3) is 5.59. The highest BCUT2D eigenvalue weighted by atomic mass is 35.5. The second-order valence-corrected chi connectivity index (χ2v) is 8.32. The van der Waals surface area contributed by atoms with E-state index in [0.29, 0.717) is 5.82 Å². The molecule has 2 rings (SSSR count). The van der Waals surface area contributed by atoms with E-state index in [1.807, 2.05) is 0 Å². The van der Waals surface area contributed by atoms with Crippen LogP contribution in [0.1, 0.15) is 45.0 Å². The number of carbonyl (C=O) groups is 1. The Hall–Kier alpha value is -1.84. The summed E-state index contributed by atoms with van der Waals surface area (Å²) in [6.45, 7) is 6.83. The predicted octanol–water partition coefficient (Wildman–Crippen LogP) is 4.46. The Bertz CT molecular complexity index is 761. The van der Waals surface area contributed by atoms with E-state index in [1.165, 1.54) is 17.1 Å². The number of pyridine rings is 1. The first kappa shape index (κ1) is 22.4. The van der Waals surface area contributed by atoms with Crippen molar-refractivity contribution < 1.29 is 27.4 Å². The van der Waals surface area contributed by atoms with E-state index in [0.717, 1.165) is 13.8 Å². The average Bonchev–Trinajstić information content (AvgIpc) is 2.99. The van der Waals surface area contributed by atoms with Crippen LogP contribution in [-0.4, -0.2) is 35.6 Å². The number of esters is 1. The van der Waals surface area contributed by atoms with E-state index >= 15 is 0 Å². The number of nitrogens with zero attached hydrogens (tertiary/aromatic N) is 2. The average molecular weight is 422 g/mol. The lowest BCUT2D eigenvalue weighted by molar-refractivity contribution is -0.230. The number of aromatic nitrogens is 1. The highest BCUT2D eigenvalue weighted by Crippen LogP contribution is 2.37. The number of hydrogen-bond acceptors (Lipinski definition) is 6. The van der Waals surface area contributed by atoms with E-state index < -0.39 is 36.0 Å². The molecule has 0 aliphatic carbocycles. The van der Waals surface area contributed by atoms with Crippen LogP contribution in [-0.2, 0) is 9.47 Å². The van der Waals surface area contributed by atoms with Crippen LogP contribution in [0.2, 0.25) is 5.15 Å². The maximum Gasteiger partial charge on any atom is 0.396 e. The number of nitrogens with one attached hydrogen (secondary N) is 1. The summed E-state index contributed by atoms with van der Waals surface area (Å²) in [4.78, 5) is 16.3. The third-order valence-electron chi connectivity index (χ3n) is 3.77. The zero-order valence-corrected chi connectivity index (χ0v) is 17.0. The normalized spacial score (nSPS) is 17.9. The van der Waals surface area contributed by atoms with Crippen molar-refractivity contribution in [2.45, 2.75) is 52.6 Å². The fraction of sp³-hybridized carbons (Fsp3) is 0.556. The molecule has 1 aliphatic rings. The summed E-state index contributed by atoms with van der Waals surface area (Å²) in [6, 6.07) is 3.00. The summed E-state index contributed by atoms with van der Waals surface area (Å²) >= 11 is 6.09. The number of alkyl halides is 3. The molecule has 0 saturated carbocycles. The molecule has 1 unspecified atom stereocenters. The molecular formula is C18H23ClF3N3O3. The van der Waals surface area contributed by atoms with Crippen LogP contribution < -0.4 is 10.4 Å². The molecule has 1 aromatic heterocycles. The minimum absolute atomic E-state index is 0.0514. The van der Waals surface area contributed by atoms with Crippen molar-refractivity contribution in [2.24, 2.45) is 5.41 Å². The van der Waals surface area contributed by atoms with Crippen molar-refractivity contribution in [1.82, 2.24) is 10.4 Å². The molecule has 0 spiro atoms. The molecule has 1 N–H and O–H groups in total. The molecule has 10 heteroatoms. The van der Waals surface area contributed by atoms with Gasteiger partial charge in [-0.05, 0) is 52.8 Å². The summed E-state index contributed by atoms with van der Waals surface area (Å²) in [6.07, 6.45) is -2.03. The molecular weight excluding hydrogens is 399 g/mol. The van der Waals surface area contributed by atoms with Crippen LogP contribution in [0.5, 0.6) is 0 Å². The second kappa shape index (κ2) is 7.88. The summed E-state index contributed by atoms with van der Waals surface area (Å²) in [5, 5.41) is 1.39. The van der Waals surface area contributed by atoms with Crippen molar-refractivity contribution >= 4 is 23.4 Å². The van der Waals surface area contributed by atoms with Gasteiger partial charge in [0, 0.05) is 6.20 Å². The van der Waals surface area contributed by atoms with Gasteiger partial charge in [0.15, 0.2) is 0 Å². The van der Waals surface area contributed by atoms with E-state index in [2.05, 4.69) is 10.4 Å². The second-order valence-electron chi connectivity index (χ2n) is 7.96. The van der Waals surface area contributed by atoms with Gasteiger partial charge in [0.25, 0.3) is 0 Å². The number of ether oxygens (including phenoxy) is 2. The van der Waals surface area contributed by atoms with Gasteiger partial charge in [-0.15, -0.1) is 0 Å². The molecule has 0 fully saturated rings. The Morgan fingerprint density at radius 1 is 1.25 bits per heavy atom. The van der Waals surface area contributed by atoms with Gasteiger partial charge in [-0.25, -0.2) is 9.78 Å². The van der Waals surface area contributed by atoms with Crippen LogP contribution in [0.4, 0.5) is 19.0 Å². The lowest BCUT2D eigenvalue weighted by Gasteiger charge is -2.29. The zero-order chi connectivity index (χ0) is 21.3. The minimum Gasteiger partial charge on any atom is -0.456 e. The lowest BCUT2D eigenvalue weighted by atomic mass is 9.94. The number of hydrazine groups is 1. The van der Waals surface area contributed by atoms with Crippen molar-refractivity contribution in [1.29, 1.82) is 0 Å². The largest absolute Gasteiger partial charge is 0.456 e. The molecule has 0 amide bonds. The number of rotatable bonds is 5. The maximum absolute atomic E-state index is 12.9. The first-order chi connectivity index (χ1) is 12.7. The zero-order valence-electron chi connectivity index (χ0n) is 16.2. The fourth-order valence-electron chi connectivity index (χ4n) is 2.05. The molecule has 6 nitrogen and oxygen atoms in total. The molecule has 0 bridgehead atoms. The molecule has 28 heavy (non-hydrogen) atoms. The van der Waals surface area contributed by atoms with Gasteiger partial charge in [0.1, 0.15) is 22.8 Å². The van der Waals surface area contributed by atoms with Gasteiger partial charge in [-0.1, -0.05) is 11.6 Å². The van der Waals surface area contributed by atoms with Crippen molar-refractivity contribution in [3.05, 3.63) is 35.1 Å². The van der Waals surface area contributed by atoms with Gasteiger partial charge in [0.05, 0.1) is 17.6 Å². The van der Waals surface area contributed by atoms with Crippen molar-refractivity contribution in [3.8, 4) is 0 Å². The smallest absolute Gasteiger partial charge is 0.396 e. The highest BCUT2D eigenvalue weighted by molar-refractivity contribution is 6.32. The first-order valence-corrected chi connectivity index (χ1v) is 8.89. The van der Waals surface area contributed by atoms with E-state index in [-0.39, 0.29) is 10.7 Å². The molecule has 1 aromatic rings. The molecule has 0 radical (unpaired) electrons. The summed E-state index contributed by atoms with van der Waals surface area (Å²) in [7, 11) is 0. The molecule has 0 aromatic carbocycles. The topological polar surface area (TPSA) is 63.7 Å². The van der Waals surface area contributed by atoms with Crippen LogP contribution in [0.15, 0.2) is 24.4 Å². The van der Waals surface area contributed by atoms with Crippen LogP contribution >= 0.6 is 11.6 Å². The maximum atomic E-state index is 12.9. The monoisotopic (exact) mass is 421 g/mol. The molecule has 156 valence electrons. The fourth-order valence-corrected chi connectivity index (χ4v) is 2.27. The van der Waals surface area contributed by atoms with Crippen molar-refractivity contribution in [2.75, 3.05) is 11.6 Å². The minimum atomic E-state index is -4.37. The van der Waals surface area contributed by atoms with Crippen LogP contribution in [0.25, 0.3) is 0 Å². The van der Waals surface area contributed by atoms with Gasteiger partial charge in [0.2, 0.25) is 0 Å². The lowest BCUT2D eigenvalue weighted by Crippen LogP contribution is -2.42. The number of carbonyl (C=O) groups excluding carboxylic acids is 1. The van der Waals surface area contributed by atoms with E-state index in [4.69, 9.17) is 21.1 Å². The van der Waals surface area contributed by atoms with Crippen LogP contribution in [0.3, 0.4) is 0 Å². The Morgan fingerprint density at radius 2 is 1.89 bits per heavy atom. The number of anilines is 1. The number of halogens is 4. The Labute approximate surface area is 166 Å². The molecule has 1 aliphatic heterocycles. The highest BCUT2D eigenvalue weighted by Gasteiger charge is 2.47. The predicted molar refractivity (Wildman–Crippen MR) is 98.7 cm³/mol. The Kier molecular flexibility index (Phi) is 6.32. The summed E-state index contributed by atoms with van der Waals surface area (Å²) in [5.74, 6) is -0.258. The van der Waals surface area contributed by atoms with Gasteiger partial charge >= 0.3 is 12.1 Å². The standard InChI is InChI=1S/C18H23ClF3N3O3/c1-16(2,3)28-15(26)11-6-7-12(23-14(11)19)25-9-8-13(24-25)27-10-17(4,5)18(20,21)22/h6-9,13,24H,10H2,1-5H3. The SMILES string of the molecule is CC(C)(C)OC(=O)c1ccc(N2C=CC(OCC(C)(C)C(F)(F)F)N2)nc1Cl. The van der Waals surface area contributed by atoms with Gasteiger partial charge < -0.3 is 9.47 Å². The first-order valence-electron chi connectivity index (χ1n) is 8.51. The molecule has 1 atom stereocenters. The Morgan fingerprint density at radius 3 is 2.43 bits per heavy atom. The number of hydrogen-bond donors (Lipinski definition) is 1. The molecule has 0 saturated heterocycles. The van der Waals surface area contributed by atoms with E-state index in [9.17, 15) is 18.0 Å². The van der Waals surface area contributed by atoms with Crippen molar-refractivity contribution in [3.63, 3.8) is 0 Å². The summed E-state index contributed by atoms with van der Waals surface area (Å²) in [5.41, 5.74) is 0.302. The van der Waals surface area contributed by atoms with Crippen LogP contribution in [0, 0.1) is 5.41 Å². The quantitative estimate of drug-likeness (QED) is 0.559. The molecule has 2 heterocycles. The third-order valence-corrected chi connectivity index (χ3v) is 4.06.